The molecular weight excluding hydrogens is 420 g/mol. The molecule has 0 saturated heterocycles. The predicted molar refractivity (Wildman–Crippen MR) is 124 cm³/mol. The Labute approximate surface area is 189 Å². The van der Waals surface area contributed by atoms with Gasteiger partial charge in [0.25, 0.3) is 5.91 Å². The van der Waals surface area contributed by atoms with Gasteiger partial charge in [0.1, 0.15) is 0 Å². The Hall–Kier alpha value is -4.39. The molecule has 33 heavy (non-hydrogen) atoms. The Morgan fingerprint density at radius 1 is 1.00 bits per heavy atom. The van der Waals surface area contributed by atoms with E-state index in [4.69, 9.17) is 14.2 Å². The second-order valence-corrected chi connectivity index (χ2v) is 7.42. The lowest BCUT2D eigenvalue weighted by Gasteiger charge is -2.12. The van der Waals surface area contributed by atoms with Gasteiger partial charge in [0.05, 0.1) is 17.7 Å². The first-order valence-electron chi connectivity index (χ1n) is 10.5. The molecule has 2 heterocycles. The molecule has 3 aromatic carbocycles. The summed E-state index contributed by atoms with van der Waals surface area (Å²) in [4.78, 5) is 29.4. The van der Waals surface area contributed by atoms with E-state index in [9.17, 15) is 9.59 Å². The van der Waals surface area contributed by atoms with Crippen molar-refractivity contribution < 1.29 is 23.8 Å². The zero-order chi connectivity index (χ0) is 22.8. The molecule has 0 atom stereocenters. The minimum Gasteiger partial charge on any atom is -0.462 e. The van der Waals surface area contributed by atoms with Crippen molar-refractivity contribution in [2.45, 2.75) is 6.92 Å². The third-order valence-electron chi connectivity index (χ3n) is 5.31. The summed E-state index contributed by atoms with van der Waals surface area (Å²) in [7, 11) is 0. The first-order valence-corrected chi connectivity index (χ1v) is 10.5. The maximum absolute atomic E-state index is 13.1. The lowest BCUT2D eigenvalue weighted by atomic mass is 9.98. The summed E-state index contributed by atoms with van der Waals surface area (Å²) in [5.74, 6) is 0.691. The second kappa shape index (κ2) is 8.63. The summed E-state index contributed by atoms with van der Waals surface area (Å²) in [5, 5.41) is 3.72. The van der Waals surface area contributed by atoms with Crippen molar-refractivity contribution in [3.8, 4) is 22.6 Å². The molecule has 7 nitrogen and oxygen atoms in total. The van der Waals surface area contributed by atoms with Gasteiger partial charge in [-0.1, -0.05) is 30.3 Å². The molecule has 0 saturated carbocycles. The fourth-order valence-electron chi connectivity index (χ4n) is 3.72. The first-order chi connectivity index (χ1) is 16.1. The molecule has 0 radical (unpaired) electrons. The molecule has 1 amide bonds. The van der Waals surface area contributed by atoms with Gasteiger partial charge >= 0.3 is 5.97 Å². The van der Waals surface area contributed by atoms with Crippen LogP contribution in [-0.2, 0) is 4.74 Å². The van der Waals surface area contributed by atoms with Crippen molar-refractivity contribution in [2.24, 2.45) is 0 Å². The standard InChI is InChI=1S/C26H20N2O5/c1-2-31-26(30)18-11-17-7-9-19(13-22(17)27-14-18)28-25(29)21-6-4-3-5-20(21)16-8-10-23-24(12-16)33-15-32-23/h3-14H,2,15H2,1H3,(H,28,29). The number of pyridine rings is 1. The largest absolute Gasteiger partial charge is 0.462 e. The SMILES string of the molecule is CCOC(=O)c1cnc2cc(NC(=O)c3ccccc3-c3ccc4c(c3)OCO4)ccc2c1. The number of amides is 1. The smallest absolute Gasteiger partial charge is 0.339 e. The zero-order valence-corrected chi connectivity index (χ0v) is 17.8. The lowest BCUT2D eigenvalue weighted by molar-refractivity contribution is 0.0526. The van der Waals surface area contributed by atoms with Crippen LogP contribution in [0.4, 0.5) is 5.69 Å². The molecule has 1 aliphatic heterocycles. The molecule has 0 spiro atoms. The van der Waals surface area contributed by atoms with Crippen molar-refractivity contribution in [1.29, 1.82) is 0 Å². The number of hydrogen-bond donors (Lipinski definition) is 1. The summed E-state index contributed by atoms with van der Waals surface area (Å²) in [6, 6.07) is 20.1. The van der Waals surface area contributed by atoms with Crippen LogP contribution in [-0.4, -0.2) is 30.3 Å². The Morgan fingerprint density at radius 3 is 2.73 bits per heavy atom. The summed E-state index contributed by atoms with van der Waals surface area (Å²) < 4.78 is 15.9. The molecule has 5 rings (SSSR count). The van der Waals surface area contributed by atoms with Gasteiger partial charge in [-0.25, -0.2) is 4.79 Å². The number of nitrogens with zero attached hydrogens (tertiary/aromatic N) is 1. The van der Waals surface area contributed by atoms with E-state index >= 15 is 0 Å². The van der Waals surface area contributed by atoms with E-state index in [0.29, 0.717) is 40.4 Å². The highest BCUT2D eigenvalue weighted by molar-refractivity contribution is 6.09. The lowest BCUT2D eigenvalue weighted by Crippen LogP contribution is -2.13. The Balaban J connectivity index is 1.41. The number of aromatic nitrogens is 1. The van der Waals surface area contributed by atoms with Crippen LogP contribution in [0.25, 0.3) is 22.0 Å². The summed E-state index contributed by atoms with van der Waals surface area (Å²) in [6.07, 6.45) is 1.47. The van der Waals surface area contributed by atoms with Gasteiger partial charge in [0.2, 0.25) is 6.79 Å². The number of carbonyl (C=O) groups excluding carboxylic acids is 2. The van der Waals surface area contributed by atoms with E-state index in [1.165, 1.54) is 6.20 Å². The molecule has 1 N–H and O–H groups in total. The van der Waals surface area contributed by atoms with Crippen LogP contribution < -0.4 is 14.8 Å². The molecule has 0 bridgehead atoms. The third kappa shape index (κ3) is 4.08. The summed E-state index contributed by atoms with van der Waals surface area (Å²) >= 11 is 0. The molecule has 1 aromatic heterocycles. The zero-order valence-electron chi connectivity index (χ0n) is 17.8. The quantitative estimate of drug-likeness (QED) is 0.437. The van der Waals surface area contributed by atoms with Gasteiger partial charge < -0.3 is 19.5 Å². The van der Waals surface area contributed by atoms with Crippen LogP contribution in [0.15, 0.2) is 72.9 Å². The highest BCUT2D eigenvalue weighted by Crippen LogP contribution is 2.37. The summed E-state index contributed by atoms with van der Waals surface area (Å²) in [6.45, 7) is 2.25. The summed E-state index contributed by atoms with van der Waals surface area (Å²) in [5.41, 5.74) is 3.82. The molecule has 7 heteroatoms. The van der Waals surface area contributed by atoms with E-state index in [1.54, 1.807) is 31.2 Å². The van der Waals surface area contributed by atoms with Gasteiger partial charge in [0, 0.05) is 22.8 Å². The van der Waals surface area contributed by atoms with E-state index < -0.39 is 5.97 Å². The number of nitrogens with one attached hydrogen (secondary N) is 1. The molecule has 4 aromatic rings. The van der Waals surface area contributed by atoms with Crippen molar-refractivity contribution in [2.75, 3.05) is 18.7 Å². The number of fused-ring (bicyclic) bond motifs is 2. The molecule has 164 valence electrons. The Kier molecular flexibility index (Phi) is 5.36. The van der Waals surface area contributed by atoms with Crippen molar-refractivity contribution >= 4 is 28.5 Å². The number of anilines is 1. The molecule has 1 aliphatic rings. The average Bonchev–Trinajstić information content (AvgIpc) is 3.32. The minimum atomic E-state index is -0.413. The number of esters is 1. The van der Waals surface area contributed by atoms with Gasteiger partial charge in [-0.15, -0.1) is 0 Å². The monoisotopic (exact) mass is 440 g/mol. The first kappa shape index (κ1) is 20.5. The Bertz CT molecular complexity index is 1380. The molecule has 0 aliphatic carbocycles. The fraction of sp³-hybridized carbons (Fsp3) is 0.115. The normalized spacial score (nSPS) is 11.9. The van der Waals surface area contributed by atoms with E-state index in [0.717, 1.165) is 16.5 Å². The van der Waals surface area contributed by atoms with Crippen molar-refractivity contribution in [3.05, 3.63) is 84.1 Å². The maximum atomic E-state index is 13.1. The van der Waals surface area contributed by atoms with Crippen LogP contribution >= 0.6 is 0 Å². The predicted octanol–water partition coefficient (Wildman–Crippen LogP) is 5.06. The van der Waals surface area contributed by atoms with Crippen LogP contribution in [0.3, 0.4) is 0 Å². The number of rotatable bonds is 5. The number of ether oxygens (including phenoxy) is 3. The maximum Gasteiger partial charge on any atom is 0.339 e. The number of carbonyl (C=O) groups is 2. The van der Waals surface area contributed by atoms with E-state index in [-0.39, 0.29) is 12.7 Å². The molecular formula is C26H20N2O5. The van der Waals surface area contributed by atoms with Crippen LogP contribution in [0, 0.1) is 0 Å². The van der Waals surface area contributed by atoms with Gasteiger partial charge in [0.15, 0.2) is 11.5 Å². The van der Waals surface area contributed by atoms with Crippen LogP contribution in [0.1, 0.15) is 27.6 Å². The topological polar surface area (TPSA) is 86.8 Å². The van der Waals surface area contributed by atoms with Gasteiger partial charge in [-0.05, 0) is 54.4 Å². The van der Waals surface area contributed by atoms with Gasteiger partial charge in [-0.3, -0.25) is 9.78 Å². The fourth-order valence-corrected chi connectivity index (χ4v) is 3.72. The minimum absolute atomic E-state index is 0.193. The second-order valence-electron chi connectivity index (χ2n) is 7.42. The van der Waals surface area contributed by atoms with Crippen molar-refractivity contribution in [3.63, 3.8) is 0 Å². The Morgan fingerprint density at radius 2 is 1.85 bits per heavy atom. The van der Waals surface area contributed by atoms with E-state index in [2.05, 4.69) is 10.3 Å². The molecule has 0 fully saturated rings. The van der Waals surface area contributed by atoms with Crippen LogP contribution in [0.2, 0.25) is 0 Å². The van der Waals surface area contributed by atoms with E-state index in [1.807, 2.05) is 42.5 Å². The number of benzene rings is 3. The number of hydrogen-bond acceptors (Lipinski definition) is 6. The van der Waals surface area contributed by atoms with Gasteiger partial charge in [-0.2, -0.15) is 0 Å². The molecule has 0 unspecified atom stereocenters. The highest BCUT2D eigenvalue weighted by atomic mass is 16.7. The third-order valence-corrected chi connectivity index (χ3v) is 5.31. The van der Waals surface area contributed by atoms with Crippen molar-refractivity contribution in [1.82, 2.24) is 4.98 Å². The van der Waals surface area contributed by atoms with Crippen LogP contribution in [0.5, 0.6) is 11.5 Å². The highest BCUT2D eigenvalue weighted by Gasteiger charge is 2.18. The average molecular weight is 440 g/mol.